The minimum Gasteiger partial charge on any atom is -0.495 e. The van der Waals surface area contributed by atoms with Crippen molar-refractivity contribution in [3.8, 4) is 11.8 Å². The van der Waals surface area contributed by atoms with Gasteiger partial charge in [-0.3, -0.25) is 4.84 Å². The molecule has 7 heteroatoms. The van der Waals surface area contributed by atoms with Crippen molar-refractivity contribution in [3.05, 3.63) is 23.8 Å². The average molecular weight is 242 g/mol. The maximum Gasteiger partial charge on any atom is 0.263 e. The lowest BCUT2D eigenvalue weighted by Gasteiger charge is -2.08. The van der Waals surface area contributed by atoms with Gasteiger partial charge in [-0.05, 0) is 12.1 Å². The molecule has 6 nitrogen and oxygen atoms in total. The molecule has 1 aromatic rings. The molecule has 0 spiro atoms. The van der Waals surface area contributed by atoms with Gasteiger partial charge in [0.15, 0.2) is 0 Å². The Kier molecular flexibility index (Phi) is 3.84. The van der Waals surface area contributed by atoms with E-state index in [0.29, 0.717) is 0 Å². The van der Waals surface area contributed by atoms with Crippen molar-refractivity contribution in [2.75, 3.05) is 14.2 Å². The molecule has 0 saturated heterocycles. The van der Waals surface area contributed by atoms with Gasteiger partial charge in [0.2, 0.25) is 0 Å². The second-order valence-electron chi connectivity index (χ2n) is 2.74. The van der Waals surface area contributed by atoms with Crippen LogP contribution in [0.5, 0.6) is 5.75 Å². The molecule has 1 N–H and O–H groups in total. The molecule has 0 aliphatic heterocycles. The molecule has 0 bridgehead atoms. The van der Waals surface area contributed by atoms with Gasteiger partial charge in [-0.1, -0.05) is 11.0 Å². The van der Waals surface area contributed by atoms with Gasteiger partial charge in [0.05, 0.1) is 14.2 Å². The normalized spacial score (nSPS) is 10.8. The molecule has 1 aromatic carbocycles. The van der Waals surface area contributed by atoms with E-state index in [1.165, 1.54) is 32.4 Å². The number of rotatable bonds is 4. The van der Waals surface area contributed by atoms with Gasteiger partial charge in [-0.2, -0.15) is 5.26 Å². The minimum absolute atomic E-state index is 0.0606. The Morgan fingerprint density at radius 3 is 2.56 bits per heavy atom. The zero-order valence-electron chi connectivity index (χ0n) is 8.72. The summed E-state index contributed by atoms with van der Waals surface area (Å²) in [5.74, 6) is 0.196. The topological polar surface area (TPSA) is 88.4 Å². The largest absolute Gasteiger partial charge is 0.495 e. The number of sulfonamides is 1. The smallest absolute Gasteiger partial charge is 0.263 e. The van der Waals surface area contributed by atoms with E-state index in [0.717, 1.165) is 0 Å². The van der Waals surface area contributed by atoms with Gasteiger partial charge in [-0.25, -0.2) is 8.42 Å². The first kappa shape index (κ1) is 12.4. The lowest BCUT2D eigenvalue weighted by molar-refractivity contribution is 0.153. The Labute approximate surface area is 93.4 Å². The Hall–Kier alpha value is -1.62. The van der Waals surface area contributed by atoms with E-state index in [9.17, 15) is 8.42 Å². The van der Waals surface area contributed by atoms with Crippen LogP contribution in [0.25, 0.3) is 0 Å². The molecule has 1 rings (SSSR count). The van der Waals surface area contributed by atoms with Crippen LogP contribution in [0.4, 0.5) is 0 Å². The molecule has 16 heavy (non-hydrogen) atoms. The highest BCUT2D eigenvalue weighted by Crippen LogP contribution is 2.24. The lowest BCUT2D eigenvalue weighted by Crippen LogP contribution is -2.23. The number of methoxy groups -OCH3 is 1. The van der Waals surface area contributed by atoms with Crippen LogP contribution in [0.2, 0.25) is 0 Å². The number of nitrogens with zero attached hydrogens (tertiary/aromatic N) is 1. The molecular weight excluding hydrogens is 232 g/mol. The molecule has 0 aliphatic carbocycles. The first-order valence-corrected chi connectivity index (χ1v) is 5.67. The fourth-order valence-corrected chi connectivity index (χ4v) is 2.15. The predicted molar refractivity (Wildman–Crippen MR) is 55.0 cm³/mol. The van der Waals surface area contributed by atoms with Crippen LogP contribution >= 0.6 is 0 Å². The van der Waals surface area contributed by atoms with Gasteiger partial charge >= 0.3 is 0 Å². The van der Waals surface area contributed by atoms with E-state index in [-0.39, 0.29) is 16.2 Å². The first-order chi connectivity index (χ1) is 7.56. The third-order valence-electron chi connectivity index (χ3n) is 1.80. The SMILES string of the molecule is CONS(=O)(=O)c1cccc(OC)c1C#N. The fourth-order valence-electron chi connectivity index (χ4n) is 1.17. The van der Waals surface area contributed by atoms with Crippen LogP contribution in [0.15, 0.2) is 23.1 Å². The second-order valence-corrected chi connectivity index (χ2v) is 4.35. The van der Waals surface area contributed by atoms with Crippen LogP contribution in [0.3, 0.4) is 0 Å². The zero-order chi connectivity index (χ0) is 12.2. The third-order valence-corrected chi connectivity index (χ3v) is 3.11. The van der Waals surface area contributed by atoms with E-state index >= 15 is 0 Å². The summed E-state index contributed by atoms with van der Waals surface area (Å²) >= 11 is 0. The molecule has 0 saturated carbocycles. The van der Waals surface area contributed by atoms with E-state index in [1.807, 2.05) is 4.89 Å². The minimum atomic E-state index is -3.86. The number of hydrogen-bond donors (Lipinski definition) is 1. The first-order valence-electron chi connectivity index (χ1n) is 4.18. The molecule has 0 amide bonds. The van der Waals surface area contributed by atoms with Crippen molar-refractivity contribution in [2.24, 2.45) is 0 Å². The van der Waals surface area contributed by atoms with Gasteiger partial charge < -0.3 is 4.74 Å². The lowest BCUT2D eigenvalue weighted by atomic mass is 10.2. The van der Waals surface area contributed by atoms with Crippen molar-refractivity contribution in [1.82, 2.24) is 4.89 Å². The van der Waals surface area contributed by atoms with Crippen LogP contribution in [0, 0.1) is 11.3 Å². The van der Waals surface area contributed by atoms with Crippen molar-refractivity contribution >= 4 is 10.0 Å². The molecule has 0 atom stereocenters. The van der Waals surface area contributed by atoms with Crippen LogP contribution in [-0.2, 0) is 14.9 Å². The molecule has 86 valence electrons. The maximum atomic E-state index is 11.6. The summed E-state index contributed by atoms with van der Waals surface area (Å²) in [6.07, 6.45) is 0. The Morgan fingerprint density at radius 2 is 2.06 bits per heavy atom. The zero-order valence-corrected chi connectivity index (χ0v) is 9.54. The molecule has 0 radical (unpaired) electrons. The average Bonchev–Trinajstić information content (AvgIpc) is 2.27. The van der Waals surface area contributed by atoms with Crippen molar-refractivity contribution in [2.45, 2.75) is 4.90 Å². The van der Waals surface area contributed by atoms with Gasteiger partial charge in [0.25, 0.3) is 10.0 Å². The summed E-state index contributed by atoms with van der Waals surface area (Å²) < 4.78 is 28.2. The maximum absolute atomic E-state index is 11.6. The summed E-state index contributed by atoms with van der Waals surface area (Å²) in [6.45, 7) is 0. The van der Waals surface area contributed by atoms with Crippen LogP contribution < -0.4 is 9.62 Å². The van der Waals surface area contributed by atoms with Gasteiger partial charge in [-0.15, -0.1) is 0 Å². The molecule has 0 aliphatic rings. The molecule has 0 heterocycles. The fraction of sp³-hybridized carbons (Fsp3) is 0.222. The molecule has 0 unspecified atom stereocenters. The van der Waals surface area contributed by atoms with Crippen molar-refractivity contribution < 1.29 is 18.0 Å². The monoisotopic (exact) mass is 242 g/mol. The highest BCUT2D eigenvalue weighted by atomic mass is 32.2. The number of ether oxygens (including phenoxy) is 1. The Bertz CT molecular complexity index is 519. The van der Waals surface area contributed by atoms with Gasteiger partial charge in [0.1, 0.15) is 22.3 Å². The van der Waals surface area contributed by atoms with Crippen LogP contribution in [-0.4, -0.2) is 22.6 Å². The summed E-state index contributed by atoms with van der Waals surface area (Å²) in [7, 11) is -1.33. The quantitative estimate of drug-likeness (QED) is 0.772. The van der Waals surface area contributed by atoms with Gasteiger partial charge in [0, 0.05) is 0 Å². The Balaban J connectivity index is 3.41. The number of benzene rings is 1. The van der Waals surface area contributed by atoms with Crippen LogP contribution in [0.1, 0.15) is 5.56 Å². The summed E-state index contributed by atoms with van der Waals surface area (Å²) in [4.78, 5) is 5.99. The van der Waals surface area contributed by atoms with E-state index in [2.05, 4.69) is 4.84 Å². The highest BCUT2D eigenvalue weighted by molar-refractivity contribution is 7.89. The van der Waals surface area contributed by atoms with Crippen molar-refractivity contribution in [3.63, 3.8) is 0 Å². The molecule has 0 fully saturated rings. The summed E-state index contributed by atoms with van der Waals surface area (Å²) in [5.41, 5.74) is -0.0606. The predicted octanol–water partition coefficient (Wildman–Crippen LogP) is 0.407. The van der Waals surface area contributed by atoms with Crippen molar-refractivity contribution in [1.29, 1.82) is 5.26 Å². The molecule has 0 aromatic heterocycles. The summed E-state index contributed by atoms with van der Waals surface area (Å²) in [5, 5.41) is 8.90. The second kappa shape index (κ2) is 4.94. The standard InChI is InChI=1S/C9H10N2O4S/c1-14-8-4-3-5-9(7(8)6-10)16(12,13)11-15-2/h3-5,11H,1-2H3. The summed E-state index contributed by atoms with van der Waals surface area (Å²) in [6, 6.07) is 6.05. The number of nitrogens with one attached hydrogen (secondary N) is 1. The van der Waals surface area contributed by atoms with E-state index in [4.69, 9.17) is 10.00 Å². The highest BCUT2D eigenvalue weighted by Gasteiger charge is 2.21. The number of nitriles is 1. The Morgan fingerprint density at radius 1 is 1.38 bits per heavy atom. The molecular formula is C9H10N2O4S. The van der Waals surface area contributed by atoms with E-state index in [1.54, 1.807) is 6.07 Å². The number of hydrogen-bond acceptors (Lipinski definition) is 5. The third kappa shape index (κ3) is 2.30. The van der Waals surface area contributed by atoms with E-state index < -0.39 is 10.0 Å².